The van der Waals surface area contributed by atoms with Gasteiger partial charge in [0.25, 0.3) is 0 Å². The van der Waals surface area contributed by atoms with Crippen molar-refractivity contribution in [1.29, 1.82) is 0 Å². The third-order valence-electron chi connectivity index (χ3n) is 2.75. The molecule has 2 aromatic heterocycles. The molecule has 0 aliphatic heterocycles. The van der Waals surface area contributed by atoms with E-state index < -0.39 is 5.97 Å². The fraction of sp³-hybridized carbons (Fsp3) is 0.231. The monoisotopic (exact) mass is 246 g/mol. The number of aromatic nitrogens is 1. The van der Waals surface area contributed by atoms with Gasteiger partial charge >= 0.3 is 5.97 Å². The Morgan fingerprint density at radius 3 is 2.83 bits per heavy atom. The lowest BCUT2D eigenvalue weighted by Gasteiger charge is -2.13. The van der Waals surface area contributed by atoms with Crippen LogP contribution < -0.4 is 5.32 Å². The molecule has 2 aromatic rings. The topological polar surface area (TPSA) is 75.4 Å². The number of aromatic carboxylic acids is 1. The molecule has 0 fully saturated rings. The SMILES string of the molecule is CC(NCc1occc1C(=O)O)c1ccncc1. The van der Waals surface area contributed by atoms with Crippen LogP contribution in [0.15, 0.2) is 41.3 Å². The zero-order valence-corrected chi connectivity index (χ0v) is 9.96. The summed E-state index contributed by atoms with van der Waals surface area (Å²) in [6, 6.07) is 5.38. The first kappa shape index (κ1) is 12.3. The molecule has 0 radical (unpaired) electrons. The van der Waals surface area contributed by atoms with E-state index in [4.69, 9.17) is 9.52 Å². The molecular formula is C13H14N2O3. The first-order chi connectivity index (χ1) is 8.68. The fourth-order valence-electron chi connectivity index (χ4n) is 1.68. The van der Waals surface area contributed by atoms with Crippen molar-refractivity contribution in [2.24, 2.45) is 0 Å². The van der Waals surface area contributed by atoms with E-state index in [0.29, 0.717) is 12.3 Å². The number of nitrogens with zero attached hydrogens (tertiary/aromatic N) is 1. The Kier molecular flexibility index (Phi) is 3.74. The molecule has 18 heavy (non-hydrogen) atoms. The Balaban J connectivity index is 1.99. The van der Waals surface area contributed by atoms with Crippen molar-refractivity contribution < 1.29 is 14.3 Å². The highest BCUT2D eigenvalue weighted by Crippen LogP contribution is 2.14. The molecule has 0 aromatic carbocycles. The Morgan fingerprint density at radius 2 is 2.17 bits per heavy atom. The van der Waals surface area contributed by atoms with Crippen LogP contribution in [0.2, 0.25) is 0 Å². The van der Waals surface area contributed by atoms with Crippen LogP contribution in [0.4, 0.5) is 0 Å². The Bertz CT molecular complexity index is 522. The summed E-state index contributed by atoms with van der Waals surface area (Å²) in [6.45, 7) is 2.37. The number of pyridine rings is 1. The van der Waals surface area contributed by atoms with E-state index in [9.17, 15) is 4.79 Å². The van der Waals surface area contributed by atoms with Crippen molar-refractivity contribution in [2.45, 2.75) is 19.5 Å². The first-order valence-electron chi connectivity index (χ1n) is 5.61. The van der Waals surface area contributed by atoms with E-state index in [2.05, 4.69) is 10.3 Å². The Hall–Kier alpha value is -2.14. The smallest absolute Gasteiger partial charge is 0.339 e. The lowest BCUT2D eigenvalue weighted by atomic mass is 10.1. The van der Waals surface area contributed by atoms with E-state index in [-0.39, 0.29) is 11.6 Å². The van der Waals surface area contributed by atoms with Crippen LogP contribution >= 0.6 is 0 Å². The second kappa shape index (κ2) is 5.46. The molecule has 2 heterocycles. The van der Waals surface area contributed by atoms with Crippen LogP contribution in [0.1, 0.15) is 34.6 Å². The zero-order chi connectivity index (χ0) is 13.0. The summed E-state index contributed by atoms with van der Waals surface area (Å²) in [5.41, 5.74) is 1.29. The van der Waals surface area contributed by atoms with E-state index in [0.717, 1.165) is 5.56 Å². The highest BCUT2D eigenvalue weighted by atomic mass is 16.4. The summed E-state index contributed by atoms with van der Waals surface area (Å²) in [5.74, 6) is -0.541. The van der Waals surface area contributed by atoms with E-state index in [1.54, 1.807) is 12.4 Å². The second-order valence-corrected chi connectivity index (χ2v) is 3.95. The van der Waals surface area contributed by atoms with Crippen LogP contribution in [-0.4, -0.2) is 16.1 Å². The molecule has 5 nitrogen and oxygen atoms in total. The maximum Gasteiger partial charge on any atom is 0.339 e. The summed E-state index contributed by atoms with van der Waals surface area (Å²) in [6.07, 6.45) is 4.84. The molecule has 5 heteroatoms. The second-order valence-electron chi connectivity index (χ2n) is 3.95. The highest BCUT2D eigenvalue weighted by molar-refractivity contribution is 5.88. The number of furan rings is 1. The molecule has 0 aliphatic carbocycles. The quantitative estimate of drug-likeness (QED) is 0.846. The van der Waals surface area contributed by atoms with E-state index in [1.807, 2.05) is 19.1 Å². The maximum atomic E-state index is 10.9. The first-order valence-corrected chi connectivity index (χ1v) is 5.61. The molecule has 0 saturated carbocycles. The standard InChI is InChI=1S/C13H14N2O3/c1-9(10-2-5-14-6-3-10)15-8-12-11(13(16)17)4-7-18-12/h2-7,9,15H,8H2,1H3,(H,16,17). The lowest BCUT2D eigenvalue weighted by molar-refractivity contribution is 0.0694. The summed E-state index contributed by atoms with van der Waals surface area (Å²) in [4.78, 5) is 14.9. The van der Waals surface area contributed by atoms with Gasteiger partial charge in [0.2, 0.25) is 0 Å². The number of hydrogen-bond acceptors (Lipinski definition) is 4. The minimum atomic E-state index is -0.975. The van der Waals surface area contributed by atoms with Gasteiger partial charge in [0, 0.05) is 18.4 Å². The molecule has 0 bridgehead atoms. The molecule has 94 valence electrons. The summed E-state index contributed by atoms with van der Waals surface area (Å²) < 4.78 is 5.16. The van der Waals surface area contributed by atoms with Gasteiger partial charge in [-0.2, -0.15) is 0 Å². The summed E-state index contributed by atoms with van der Waals surface area (Å²) in [5, 5.41) is 12.2. The average Bonchev–Trinajstić information content (AvgIpc) is 2.85. The van der Waals surface area contributed by atoms with Crippen LogP contribution in [0.5, 0.6) is 0 Å². The minimum absolute atomic E-state index is 0.0970. The van der Waals surface area contributed by atoms with Crippen LogP contribution in [0, 0.1) is 0 Å². The zero-order valence-electron chi connectivity index (χ0n) is 9.96. The molecule has 1 unspecified atom stereocenters. The summed E-state index contributed by atoms with van der Waals surface area (Å²) in [7, 11) is 0. The highest BCUT2D eigenvalue weighted by Gasteiger charge is 2.14. The van der Waals surface area contributed by atoms with Crippen molar-refractivity contribution >= 4 is 5.97 Å². The van der Waals surface area contributed by atoms with Gasteiger partial charge in [-0.3, -0.25) is 4.98 Å². The number of rotatable bonds is 5. The van der Waals surface area contributed by atoms with Crippen LogP contribution in [0.3, 0.4) is 0 Å². The van der Waals surface area contributed by atoms with Crippen molar-refractivity contribution in [1.82, 2.24) is 10.3 Å². The van der Waals surface area contributed by atoms with Gasteiger partial charge in [-0.25, -0.2) is 4.79 Å². The molecule has 0 amide bonds. The van der Waals surface area contributed by atoms with E-state index in [1.165, 1.54) is 12.3 Å². The summed E-state index contributed by atoms with van der Waals surface area (Å²) >= 11 is 0. The molecule has 2 N–H and O–H groups in total. The normalized spacial score (nSPS) is 12.3. The van der Waals surface area contributed by atoms with Crippen molar-refractivity contribution in [2.75, 3.05) is 0 Å². The van der Waals surface area contributed by atoms with Crippen LogP contribution in [-0.2, 0) is 6.54 Å². The van der Waals surface area contributed by atoms with Gasteiger partial charge in [-0.05, 0) is 30.7 Å². The van der Waals surface area contributed by atoms with Gasteiger partial charge in [-0.1, -0.05) is 0 Å². The number of carboxylic acids is 1. The van der Waals surface area contributed by atoms with Gasteiger partial charge in [0.05, 0.1) is 12.8 Å². The lowest BCUT2D eigenvalue weighted by Crippen LogP contribution is -2.19. The van der Waals surface area contributed by atoms with Crippen molar-refractivity contribution in [3.8, 4) is 0 Å². The fourth-order valence-corrected chi connectivity index (χ4v) is 1.68. The molecular weight excluding hydrogens is 232 g/mol. The average molecular weight is 246 g/mol. The predicted molar refractivity (Wildman–Crippen MR) is 65.2 cm³/mol. The molecule has 0 spiro atoms. The number of hydrogen-bond donors (Lipinski definition) is 2. The number of carbonyl (C=O) groups is 1. The Labute approximate surface area is 104 Å². The third-order valence-corrected chi connectivity index (χ3v) is 2.75. The van der Waals surface area contributed by atoms with Gasteiger partial charge in [0.1, 0.15) is 11.3 Å². The van der Waals surface area contributed by atoms with Gasteiger partial charge in [-0.15, -0.1) is 0 Å². The van der Waals surface area contributed by atoms with Crippen LogP contribution in [0.25, 0.3) is 0 Å². The number of carboxylic acid groups (broad SMARTS) is 1. The molecule has 1 atom stereocenters. The minimum Gasteiger partial charge on any atom is -0.478 e. The third kappa shape index (κ3) is 2.75. The maximum absolute atomic E-state index is 10.9. The molecule has 0 saturated heterocycles. The van der Waals surface area contributed by atoms with Crippen molar-refractivity contribution in [3.63, 3.8) is 0 Å². The number of nitrogens with one attached hydrogen (secondary N) is 1. The Morgan fingerprint density at radius 1 is 1.44 bits per heavy atom. The molecule has 2 rings (SSSR count). The predicted octanol–water partition coefficient (Wildman–Crippen LogP) is 2.22. The molecule has 0 aliphatic rings. The largest absolute Gasteiger partial charge is 0.478 e. The van der Waals surface area contributed by atoms with E-state index >= 15 is 0 Å². The van der Waals surface area contributed by atoms with Gasteiger partial charge < -0.3 is 14.8 Å². The van der Waals surface area contributed by atoms with Crippen molar-refractivity contribution in [3.05, 3.63) is 53.7 Å². The van der Waals surface area contributed by atoms with Gasteiger partial charge in [0.15, 0.2) is 0 Å².